The second kappa shape index (κ2) is 12.6. The Morgan fingerprint density at radius 1 is 0.950 bits per heavy atom. The summed E-state index contributed by atoms with van der Waals surface area (Å²) in [5.74, 6) is 0.760. The zero-order valence-corrected chi connectivity index (χ0v) is 14.0. The highest BCUT2D eigenvalue weighted by atomic mass is 16.5. The van der Waals surface area contributed by atoms with Gasteiger partial charge < -0.3 is 10.1 Å². The predicted molar refractivity (Wildman–Crippen MR) is 88.2 cm³/mol. The van der Waals surface area contributed by atoms with Crippen molar-refractivity contribution in [2.45, 2.75) is 90.6 Å². The van der Waals surface area contributed by atoms with E-state index in [-0.39, 0.29) is 0 Å². The zero-order valence-electron chi connectivity index (χ0n) is 14.0. The van der Waals surface area contributed by atoms with Crippen LogP contribution in [-0.4, -0.2) is 25.8 Å². The Morgan fingerprint density at radius 3 is 2.45 bits per heavy atom. The van der Waals surface area contributed by atoms with Crippen LogP contribution in [0.4, 0.5) is 0 Å². The lowest BCUT2D eigenvalue weighted by Crippen LogP contribution is -2.37. The molecule has 0 spiro atoms. The lowest BCUT2D eigenvalue weighted by Gasteiger charge is -2.32. The van der Waals surface area contributed by atoms with Crippen molar-refractivity contribution < 1.29 is 4.74 Å². The molecule has 1 saturated heterocycles. The summed E-state index contributed by atoms with van der Waals surface area (Å²) in [7, 11) is 0. The van der Waals surface area contributed by atoms with Gasteiger partial charge in [0.15, 0.2) is 0 Å². The summed E-state index contributed by atoms with van der Waals surface area (Å²) >= 11 is 0. The maximum absolute atomic E-state index is 6.03. The fraction of sp³-hybridized carbons (Fsp3) is 1.00. The normalized spacial score (nSPS) is 23.1. The number of ether oxygens (including phenoxy) is 1. The van der Waals surface area contributed by atoms with E-state index in [0.29, 0.717) is 6.10 Å². The summed E-state index contributed by atoms with van der Waals surface area (Å²) in [6.45, 7) is 7.83. The molecular formula is C18H37NO. The first-order chi connectivity index (χ1) is 9.88. The van der Waals surface area contributed by atoms with E-state index in [4.69, 9.17) is 4.74 Å². The number of nitrogens with one attached hydrogen (secondary N) is 1. The van der Waals surface area contributed by atoms with Gasteiger partial charge in [-0.2, -0.15) is 0 Å². The third-order valence-electron chi connectivity index (χ3n) is 4.50. The van der Waals surface area contributed by atoms with E-state index in [2.05, 4.69) is 19.2 Å². The highest BCUT2D eigenvalue weighted by Gasteiger charge is 2.24. The monoisotopic (exact) mass is 283 g/mol. The third kappa shape index (κ3) is 8.26. The van der Waals surface area contributed by atoms with E-state index in [1.165, 1.54) is 70.6 Å². The molecule has 2 nitrogen and oxygen atoms in total. The van der Waals surface area contributed by atoms with Crippen LogP contribution in [0.15, 0.2) is 0 Å². The first kappa shape index (κ1) is 18.0. The minimum Gasteiger partial charge on any atom is -0.378 e. The molecule has 0 saturated carbocycles. The molecule has 0 aromatic rings. The van der Waals surface area contributed by atoms with Gasteiger partial charge in [0, 0.05) is 13.2 Å². The largest absolute Gasteiger partial charge is 0.378 e. The van der Waals surface area contributed by atoms with Crippen LogP contribution in [0.2, 0.25) is 0 Å². The fourth-order valence-corrected chi connectivity index (χ4v) is 3.22. The first-order valence-electron chi connectivity index (χ1n) is 9.20. The third-order valence-corrected chi connectivity index (χ3v) is 4.50. The number of hydrogen-bond donors (Lipinski definition) is 1. The molecule has 1 aliphatic rings. The zero-order chi connectivity index (χ0) is 14.5. The highest BCUT2D eigenvalue weighted by Crippen LogP contribution is 2.24. The van der Waals surface area contributed by atoms with Crippen molar-refractivity contribution in [1.82, 2.24) is 5.32 Å². The summed E-state index contributed by atoms with van der Waals surface area (Å²) in [5, 5.41) is 3.58. The summed E-state index contributed by atoms with van der Waals surface area (Å²) in [5.41, 5.74) is 0. The average Bonchev–Trinajstić information content (AvgIpc) is 2.48. The Kier molecular flexibility index (Phi) is 11.4. The lowest BCUT2D eigenvalue weighted by molar-refractivity contribution is -0.0313. The van der Waals surface area contributed by atoms with E-state index >= 15 is 0 Å². The number of rotatable bonds is 12. The van der Waals surface area contributed by atoms with Gasteiger partial charge in [0.1, 0.15) is 0 Å². The van der Waals surface area contributed by atoms with Crippen molar-refractivity contribution in [1.29, 1.82) is 0 Å². The molecule has 2 heteroatoms. The van der Waals surface area contributed by atoms with Crippen molar-refractivity contribution in [2.24, 2.45) is 5.92 Å². The molecule has 1 rings (SSSR count). The summed E-state index contributed by atoms with van der Waals surface area (Å²) < 4.78 is 6.03. The Hall–Kier alpha value is -0.0800. The van der Waals surface area contributed by atoms with Crippen LogP contribution in [0.25, 0.3) is 0 Å². The van der Waals surface area contributed by atoms with E-state index < -0.39 is 0 Å². The first-order valence-corrected chi connectivity index (χ1v) is 9.20. The van der Waals surface area contributed by atoms with Gasteiger partial charge >= 0.3 is 0 Å². The SMILES string of the molecule is CCCCCCCCCC1OCCCC1CNCCC. The topological polar surface area (TPSA) is 21.3 Å². The summed E-state index contributed by atoms with van der Waals surface area (Å²) in [6.07, 6.45) is 15.5. The molecule has 0 radical (unpaired) electrons. The fourth-order valence-electron chi connectivity index (χ4n) is 3.22. The van der Waals surface area contributed by atoms with Crippen molar-refractivity contribution in [2.75, 3.05) is 19.7 Å². The molecule has 0 bridgehead atoms. The molecule has 2 atom stereocenters. The van der Waals surface area contributed by atoms with E-state index in [0.717, 1.165) is 25.6 Å². The van der Waals surface area contributed by atoms with Gasteiger partial charge in [-0.25, -0.2) is 0 Å². The van der Waals surface area contributed by atoms with Crippen molar-refractivity contribution in [3.63, 3.8) is 0 Å². The molecule has 2 unspecified atom stereocenters. The predicted octanol–water partition coefficient (Wildman–Crippen LogP) is 4.92. The summed E-state index contributed by atoms with van der Waals surface area (Å²) in [4.78, 5) is 0. The highest BCUT2D eigenvalue weighted by molar-refractivity contribution is 4.76. The molecule has 1 aliphatic heterocycles. The van der Waals surface area contributed by atoms with Crippen LogP contribution in [0.1, 0.15) is 84.5 Å². The van der Waals surface area contributed by atoms with E-state index in [9.17, 15) is 0 Å². The lowest BCUT2D eigenvalue weighted by atomic mass is 9.90. The van der Waals surface area contributed by atoms with Crippen LogP contribution < -0.4 is 5.32 Å². The quantitative estimate of drug-likeness (QED) is 0.513. The smallest absolute Gasteiger partial charge is 0.0615 e. The molecule has 0 aliphatic carbocycles. The maximum atomic E-state index is 6.03. The molecule has 1 N–H and O–H groups in total. The Balaban J connectivity index is 2.06. The van der Waals surface area contributed by atoms with Crippen LogP contribution >= 0.6 is 0 Å². The van der Waals surface area contributed by atoms with Gasteiger partial charge in [-0.05, 0) is 38.1 Å². The van der Waals surface area contributed by atoms with E-state index in [1.807, 2.05) is 0 Å². The second-order valence-corrected chi connectivity index (χ2v) is 6.43. The van der Waals surface area contributed by atoms with Crippen molar-refractivity contribution >= 4 is 0 Å². The van der Waals surface area contributed by atoms with Gasteiger partial charge in [0.05, 0.1) is 6.10 Å². The molecule has 0 aromatic carbocycles. The van der Waals surface area contributed by atoms with Gasteiger partial charge in [-0.3, -0.25) is 0 Å². The minimum absolute atomic E-state index is 0.531. The van der Waals surface area contributed by atoms with Crippen LogP contribution in [0.3, 0.4) is 0 Å². The molecule has 120 valence electrons. The Morgan fingerprint density at radius 2 is 1.70 bits per heavy atom. The maximum Gasteiger partial charge on any atom is 0.0615 e. The van der Waals surface area contributed by atoms with Gasteiger partial charge in [0.2, 0.25) is 0 Å². The van der Waals surface area contributed by atoms with Gasteiger partial charge in [-0.15, -0.1) is 0 Å². The number of hydrogen-bond acceptors (Lipinski definition) is 2. The number of unbranched alkanes of at least 4 members (excludes halogenated alkanes) is 6. The standard InChI is InChI=1S/C18H37NO/c1-3-5-6-7-8-9-10-13-18-17(12-11-15-20-18)16-19-14-4-2/h17-19H,3-16H2,1-2H3. The molecule has 20 heavy (non-hydrogen) atoms. The molecule has 0 amide bonds. The molecule has 0 aromatic heterocycles. The van der Waals surface area contributed by atoms with Crippen LogP contribution in [-0.2, 0) is 4.74 Å². The van der Waals surface area contributed by atoms with E-state index in [1.54, 1.807) is 0 Å². The minimum atomic E-state index is 0.531. The van der Waals surface area contributed by atoms with Crippen LogP contribution in [0.5, 0.6) is 0 Å². The molecular weight excluding hydrogens is 246 g/mol. The van der Waals surface area contributed by atoms with Gasteiger partial charge in [-0.1, -0.05) is 58.8 Å². The molecule has 1 fully saturated rings. The Labute approximate surface area is 127 Å². The second-order valence-electron chi connectivity index (χ2n) is 6.43. The Bertz CT molecular complexity index is 208. The van der Waals surface area contributed by atoms with Crippen LogP contribution in [0, 0.1) is 5.92 Å². The van der Waals surface area contributed by atoms with Crippen molar-refractivity contribution in [3.8, 4) is 0 Å². The summed E-state index contributed by atoms with van der Waals surface area (Å²) in [6, 6.07) is 0. The average molecular weight is 284 g/mol. The van der Waals surface area contributed by atoms with Gasteiger partial charge in [0.25, 0.3) is 0 Å². The molecule has 1 heterocycles. The van der Waals surface area contributed by atoms with Crippen molar-refractivity contribution in [3.05, 3.63) is 0 Å².